The van der Waals surface area contributed by atoms with E-state index in [1.54, 1.807) is 12.1 Å². The highest BCUT2D eigenvalue weighted by atomic mass is 16.2. The molecular weight excluding hydrogens is 242 g/mol. The molecule has 0 saturated carbocycles. The number of piperidine rings is 1. The van der Waals surface area contributed by atoms with Crippen LogP contribution >= 0.6 is 0 Å². The van der Waals surface area contributed by atoms with Gasteiger partial charge in [-0.1, -0.05) is 0 Å². The molecule has 3 heterocycles. The molecule has 5 nitrogen and oxygen atoms in total. The number of nitrogens with one attached hydrogen (secondary N) is 2. The lowest BCUT2D eigenvalue weighted by atomic mass is 9.94. The second kappa shape index (κ2) is 4.81. The molecule has 1 aromatic heterocycles. The number of hydrogen-bond acceptors (Lipinski definition) is 3. The van der Waals surface area contributed by atoms with Crippen molar-refractivity contribution in [3.63, 3.8) is 0 Å². The zero-order valence-corrected chi connectivity index (χ0v) is 11.1. The molecule has 2 aliphatic rings. The molecule has 2 saturated heterocycles. The molecule has 0 bridgehead atoms. The second-order valence-electron chi connectivity index (χ2n) is 5.56. The third-order valence-corrected chi connectivity index (χ3v) is 4.17. The fraction of sp³-hybridized carbons (Fsp3) is 0.571. The minimum atomic E-state index is -0.284. The Morgan fingerprint density at radius 2 is 2.21 bits per heavy atom. The first-order chi connectivity index (χ1) is 9.15. The zero-order chi connectivity index (χ0) is 13.4. The van der Waals surface area contributed by atoms with Crippen LogP contribution in [-0.4, -0.2) is 41.5 Å². The summed E-state index contributed by atoms with van der Waals surface area (Å²) in [5, 5.41) is 3.46. The van der Waals surface area contributed by atoms with Crippen LogP contribution < -0.4 is 10.9 Å². The molecule has 19 heavy (non-hydrogen) atoms. The Labute approximate surface area is 112 Å². The summed E-state index contributed by atoms with van der Waals surface area (Å²) in [4.78, 5) is 28.7. The number of H-pyrrole nitrogens is 1. The van der Waals surface area contributed by atoms with E-state index in [1.165, 1.54) is 12.8 Å². The van der Waals surface area contributed by atoms with Gasteiger partial charge in [-0.3, -0.25) is 9.59 Å². The van der Waals surface area contributed by atoms with Gasteiger partial charge < -0.3 is 15.2 Å². The largest absolute Gasteiger partial charge is 0.337 e. The molecule has 1 aromatic rings. The first kappa shape index (κ1) is 12.4. The van der Waals surface area contributed by atoms with Crippen molar-refractivity contribution in [3.05, 3.63) is 33.7 Å². The highest BCUT2D eigenvalue weighted by molar-refractivity contribution is 5.94. The molecule has 0 radical (unpaired) electrons. The van der Waals surface area contributed by atoms with Crippen LogP contribution in [0.2, 0.25) is 0 Å². The molecule has 2 fully saturated rings. The Morgan fingerprint density at radius 3 is 2.95 bits per heavy atom. The summed E-state index contributed by atoms with van der Waals surface area (Å²) in [5.74, 6) is 0.402. The number of aromatic amines is 1. The maximum Gasteiger partial charge on any atom is 0.260 e. The van der Waals surface area contributed by atoms with Crippen LogP contribution in [0.25, 0.3) is 0 Å². The van der Waals surface area contributed by atoms with Crippen LogP contribution in [0.4, 0.5) is 0 Å². The standard InChI is InChI=1S/C14H19N3O2/c1-9-4-5-11(13(18)16-9)14(19)17-7-10-3-2-6-15-12(10)8-17/h4-5,10,12,15H,2-3,6-8H2,1H3,(H,16,18)/t10-,12+/m0/s1. The van der Waals surface area contributed by atoms with E-state index in [2.05, 4.69) is 10.3 Å². The molecule has 102 valence electrons. The van der Waals surface area contributed by atoms with Gasteiger partial charge in [0.25, 0.3) is 11.5 Å². The quantitative estimate of drug-likeness (QED) is 0.774. The third kappa shape index (κ3) is 2.30. The molecule has 1 amide bonds. The molecule has 0 spiro atoms. The molecule has 5 heteroatoms. The fourth-order valence-electron chi connectivity index (χ4n) is 3.12. The number of aryl methyl sites for hydroxylation is 1. The number of pyridine rings is 1. The van der Waals surface area contributed by atoms with Crippen molar-refractivity contribution in [2.24, 2.45) is 5.92 Å². The number of hydrogen-bond donors (Lipinski definition) is 2. The van der Waals surface area contributed by atoms with E-state index in [0.29, 0.717) is 12.0 Å². The highest BCUT2D eigenvalue weighted by Gasteiger charge is 2.37. The Bertz CT molecular complexity index is 538. The number of fused-ring (bicyclic) bond motifs is 1. The van der Waals surface area contributed by atoms with Crippen LogP contribution in [-0.2, 0) is 0 Å². The molecule has 0 aliphatic carbocycles. The van der Waals surface area contributed by atoms with Gasteiger partial charge >= 0.3 is 0 Å². The maximum atomic E-state index is 12.4. The monoisotopic (exact) mass is 261 g/mol. The van der Waals surface area contributed by atoms with Crippen molar-refractivity contribution in [3.8, 4) is 0 Å². The molecule has 2 N–H and O–H groups in total. The topological polar surface area (TPSA) is 65.2 Å². The van der Waals surface area contributed by atoms with Crippen LogP contribution in [0.5, 0.6) is 0 Å². The van der Waals surface area contributed by atoms with Gasteiger partial charge in [0.1, 0.15) is 5.56 Å². The number of carbonyl (C=O) groups is 1. The first-order valence-corrected chi connectivity index (χ1v) is 6.88. The fourth-order valence-corrected chi connectivity index (χ4v) is 3.12. The lowest BCUT2D eigenvalue weighted by Gasteiger charge is -2.24. The van der Waals surface area contributed by atoms with Crippen LogP contribution in [0.1, 0.15) is 28.9 Å². The van der Waals surface area contributed by atoms with E-state index in [-0.39, 0.29) is 17.0 Å². The molecule has 2 aliphatic heterocycles. The van der Waals surface area contributed by atoms with E-state index in [4.69, 9.17) is 0 Å². The average Bonchev–Trinajstić information content (AvgIpc) is 2.81. The minimum Gasteiger partial charge on any atom is -0.337 e. The van der Waals surface area contributed by atoms with Gasteiger partial charge in [-0.2, -0.15) is 0 Å². The number of rotatable bonds is 1. The van der Waals surface area contributed by atoms with Crippen molar-refractivity contribution in [2.45, 2.75) is 25.8 Å². The van der Waals surface area contributed by atoms with Crippen LogP contribution in [0.3, 0.4) is 0 Å². The SMILES string of the molecule is Cc1ccc(C(=O)N2C[C@@H]3CCCN[C@@H]3C2)c(=O)[nH]1. The smallest absolute Gasteiger partial charge is 0.260 e. The number of aromatic nitrogens is 1. The summed E-state index contributed by atoms with van der Waals surface area (Å²) in [6, 6.07) is 3.81. The van der Waals surface area contributed by atoms with Crippen molar-refractivity contribution in [1.82, 2.24) is 15.2 Å². The second-order valence-corrected chi connectivity index (χ2v) is 5.56. The molecule has 3 rings (SSSR count). The van der Waals surface area contributed by atoms with Gasteiger partial charge in [0, 0.05) is 24.8 Å². The summed E-state index contributed by atoms with van der Waals surface area (Å²) < 4.78 is 0. The average molecular weight is 261 g/mol. The third-order valence-electron chi connectivity index (χ3n) is 4.17. The first-order valence-electron chi connectivity index (χ1n) is 6.88. The van der Waals surface area contributed by atoms with Crippen molar-refractivity contribution in [1.29, 1.82) is 0 Å². The Morgan fingerprint density at radius 1 is 1.37 bits per heavy atom. The van der Waals surface area contributed by atoms with E-state index < -0.39 is 0 Å². The zero-order valence-electron chi connectivity index (χ0n) is 11.1. The lowest BCUT2D eigenvalue weighted by Crippen LogP contribution is -2.41. The summed E-state index contributed by atoms with van der Waals surface area (Å²) in [6.45, 7) is 4.33. The number of carbonyl (C=O) groups excluding carboxylic acids is 1. The van der Waals surface area contributed by atoms with Gasteiger partial charge in [-0.25, -0.2) is 0 Å². The minimum absolute atomic E-state index is 0.141. The van der Waals surface area contributed by atoms with E-state index >= 15 is 0 Å². The Hall–Kier alpha value is -1.62. The Balaban J connectivity index is 1.79. The summed E-state index contributed by atoms with van der Waals surface area (Å²) in [7, 11) is 0. The van der Waals surface area contributed by atoms with Gasteiger partial charge in [0.2, 0.25) is 0 Å². The van der Waals surface area contributed by atoms with Gasteiger partial charge in [0.05, 0.1) is 0 Å². The maximum absolute atomic E-state index is 12.4. The summed E-state index contributed by atoms with van der Waals surface area (Å²) in [5.41, 5.74) is 0.746. The van der Waals surface area contributed by atoms with Crippen LogP contribution in [0, 0.1) is 12.8 Å². The molecular formula is C14H19N3O2. The van der Waals surface area contributed by atoms with Gasteiger partial charge in [-0.05, 0) is 44.4 Å². The summed E-state index contributed by atoms with van der Waals surface area (Å²) >= 11 is 0. The molecule has 0 unspecified atom stereocenters. The molecule has 2 atom stereocenters. The van der Waals surface area contributed by atoms with Crippen molar-refractivity contribution < 1.29 is 4.79 Å². The van der Waals surface area contributed by atoms with E-state index in [9.17, 15) is 9.59 Å². The molecule has 0 aromatic carbocycles. The summed E-state index contributed by atoms with van der Waals surface area (Å²) in [6.07, 6.45) is 2.35. The number of amides is 1. The predicted molar refractivity (Wildman–Crippen MR) is 72.2 cm³/mol. The normalized spacial score (nSPS) is 26.3. The lowest BCUT2D eigenvalue weighted by molar-refractivity contribution is 0.0784. The Kier molecular flexibility index (Phi) is 3.14. The van der Waals surface area contributed by atoms with E-state index in [0.717, 1.165) is 25.3 Å². The van der Waals surface area contributed by atoms with Gasteiger partial charge in [0.15, 0.2) is 0 Å². The van der Waals surface area contributed by atoms with Gasteiger partial charge in [-0.15, -0.1) is 0 Å². The van der Waals surface area contributed by atoms with Crippen molar-refractivity contribution >= 4 is 5.91 Å². The van der Waals surface area contributed by atoms with Crippen LogP contribution in [0.15, 0.2) is 16.9 Å². The van der Waals surface area contributed by atoms with Crippen molar-refractivity contribution in [2.75, 3.05) is 19.6 Å². The number of likely N-dealkylation sites (tertiary alicyclic amines) is 1. The highest BCUT2D eigenvalue weighted by Crippen LogP contribution is 2.25. The number of nitrogens with zero attached hydrogens (tertiary/aromatic N) is 1. The van der Waals surface area contributed by atoms with E-state index in [1.807, 2.05) is 11.8 Å². The predicted octanol–water partition coefficient (Wildman–Crippen LogP) is 0.507.